The number of halogens is 3. The van der Waals surface area contributed by atoms with Crippen molar-refractivity contribution in [3.63, 3.8) is 0 Å². The number of hydrogen-bond donors (Lipinski definition) is 0. The summed E-state index contributed by atoms with van der Waals surface area (Å²) < 4.78 is 6.80. The lowest BCUT2D eigenvalue weighted by molar-refractivity contribution is 0.304. The van der Waals surface area contributed by atoms with Crippen molar-refractivity contribution in [2.75, 3.05) is 0 Å². The summed E-state index contributed by atoms with van der Waals surface area (Å²) in [7, 11) is 0. The number of alkyl halides is 1. The molecule has 0 saturated heterocycles. The Kier molecular flexibility index (Phi) is 4.93. The van der Waals surface area contributed by atoms with E-state index in [2.05, 4.69) is 15.9 Å². The van der Waals surface area contributed by atoms with Crippen LogP contribution in [0.15, 0.2) is 46.9 Å². The van der Waals surface area contributed by atoms with E-state index < -0.39 is 0 Å². The fourth-order valence-electron chi connectivity index (χ4n) is 1.55. The molecule has 0 heterocycles. The smallest absolute Gasteiger partial charge is 0.125 e. The Balaban J connectivity index is 2.10. The summed E-state index contributed by atoms with van der Waals surface area (Å²) >= 11 is 15.3. The van der Waals surface area contributed by atoms with Gasteiger partial charge in [-0.3, -0.25) is 0 Å². The Hall–Kier alpha value is -0.700. The second kappa shape index (κ2) is 6.46. The molecule has 0 fully saturated rings. The third-order valence-corrected chi connectivity index (χ3v) is 3.67. The highest BCUT2D eigenvalue weighted by Gasteiger charge is 2.07. The summed E-state index contributed by atoms with van der Waals surface area (Å²) in [4.78, 5) is 0. The van der Waals surface area contributed by atoms with Gasteiger partial charge in [-0.15, -0.1) is 11.6 Å². The number of hydrogen-bond acceptors (Lipinski definition) is 1. The van der Waals surface area contributed by atoms with Gasteiger partial charge in [0.2, 0.25) is 0 Å². The van der Waals surface area contributed by atoms with Gasteiger partial charge in [-0.2, -0.15) is 0 Å². The van der Waals surface area contributed by atoms with Crippen LogP contribution in [0.2, 0.25) is 5.02 Å². The second-order valence-electron chi connectivity index (χ2n) is 3.77. The third kappa shape index (κ3) is 3.41. The van der Waals surface area contributed by atoms with Crippen molar-refractivity contribution >= 4 is 39.1 Å². The summed E-state index contributed by atoms with van der Waals surface area (Å²) in [6.07, 6.45) is 0. The van der Waals surface area contributed by atoms with Gasteiger partial charge in [0.25, 0.3) is 0 Å². The first-order valence-electron chi connectivity index (χ1n) is 5.41. The maximum Gasteiger partial charge on any atom is 0.125 e. The topological polar surface area (TPSA) is 9.23 Å². The monoisotopic (exact) mass is 344 g/mol. The molecule has 0 aliphatic carbocycles. The quantitative estimate of drug-likeness (QED) is 0.672. The Bertz CT molecular complexity index is 526. The molecular formula is C14H11BrCl2O. The lowest BCUT2D eigenvalue weighted by Crippen LogP contribution is -1.98. The predicted molar refractivity (Wildman–Crippen MR) is 79.5 cm³/mol. The molecule has 0 aliphatic rings. The van der Waals surface area contributed by atoms with Crippen LogP contribution in [0.1, 0.15) is 11.1 Å². The fraction of sp³-hybridized carbons (Fsp3) is 0.143. The van der Waals surface area contributed by atoms with Gasteiger partial charge in [-0.05, 0) is 29.8 Å². The highest BCUT2D eigenvalue weighted by Crippen LogP contribution is 2.28. The normalized spacial score (nSPS) is 10.4. The lowest BCUT2D eigenvalue weighted by Gasteiger charge is -2.11. The molecule has 2 aromatic carbocycles. The van der Waals surface area contributed by atoms with Gasteiger partial charge in [-0.1, -0.05) is 45.7 Å². The molecule has 0 spiro atoms. The van der Waals surface area contributed by atoms with Crippen molar-refractivity contribution in [1.29, 1.82) is 0 Å². The van der Waals surface area contributed by atoms with Crippen LogP contribution in [0.3, 0.4) is 0 Å². The molecule has 2 rings (SSSR count). The fourth-order valence-corrected chi connectivity index (χ4v) is 2.39. The minimum absolute atomic E-state index is 0.343. The standard InChI is InChI=1S/C14H11BrCl2O/c15-11-6-4-10(5-7-11)9-18-14-3-1-2-13(17)12(14)8-16/h1-7H,8-9H2. The Morgan fingerprint density at radius 2 is 1.78 bits per heavy atom. The molecule has 0 atom stereocenters. The van der Waals surface area contributed by atoms with Crippen LogP contribution in [-0.4, -0.2) is 0 Å². The Morgan fingerprint density at radius 3 is 2.44 bits per heavy atom. The molecule has 18 heavy (non-hydrogen) atoms. The van der Waals surface area contributed by atoms with Crippen molar-refractivity contribution in [3.8, 4) is 5.75 Å². The lowest BCUT2D eigenvalue weighted by atomic mass is 10.2. The molecule has 0 aromatic heterocycles. The van der Waals surface area contributed by atoms with E-state index in [9.17, 15) is 0 Å². The average molecular weight is 346 g/mol. The molecule has 0 N–H and O–H groups in total. The van der Waals surface area contributed by atoms with E-state index in [1.54, 1.807) is 0 Å². The first-order chi connectivity index (χ1) is 8.70. The highest BCUT2D eigenvalue weighted by atomic mass is 79.9. The van der Waals surface area contributed by atoms with Gasteiger partial charge < -0.3 is 4.74 Å². The van der Waals surface area contributed by atoms with Gasteiger partial charge in [0.05, 0.1) is 5.88 Å². The average Bonchev–Trinajstić information content (AvgIpc) is 2.38. The van der Waals surface area contributed by atoms with Crippen molar-refractivity contribution in [2.24, 2.45) is 0 Å². The van der Waals surface area contributed by atoms with Gasteiger partial charge in [-0.25, -0.2) is 0 Å². The SMILES string of the molecule is ClCc1c(Cl)cccc1OCc1ccc(Br)cc1. The summed E-state index contributed by atoms with van der Waals surface area (Å²) in [6, 6.07) is 13.5. The van der Waals surface area contributed by atoms with Crippen molar-refractivity contribution < 1.29 is 4.74 Å². The summed E-state index contributed by atoms with van der Waals surface area (Å²) in [5.74, 6) is 1.08. The molecule has 1 nitrogen and oxygen atoms in total. The van der Waals surface area contributed by atoms with Crippen LogP contribution in [0.5, 0.6) is 5.75 Å². The Morgan fingerprint density at radius 1 is 1.06 bits per heavy atom. The predicted octanol–water partition coefficient (Wildman–Crippen LogP) is 5.42. The van der Waals surface area contributed by atoms with Crippen LogP contribution in [0, 0.1) is 0 Å². The van der Waals surface area contributed by atoms with Crippen molar-refractivity contribution in [1.82, 2.24) is 0 Å². The van der Waals surface area contributed by atoms with Gasteiger partial charge >= 0.3 is 0 Å². The molecule has 0 saturated carbocycles. The van der Waals surface area contributed by atoms with Crippen molar-refractivity contribution in [2.45, 2.75) is 12.5 Å². The summed E-state index contributed by atoms with van der Waals surface area (Å²) in [6.45, 7) is 0.498. The molecule has 2 aromatic rings. The zero-order valence-electron chi connectivity index (χ0n) is 9.50. The van der Waals surface area contributed by atoms with E-state index in [1.807, 2.05) is 42.5 Å². The zero-order chi connectivity index (χ0) is 13.0. The first kappa shape index (κ1) is 13.7. The molecule has 0 amide bonds. The molecule has 4 heteroatoms. The third-order valence-electron chi connectivity index (χ3n) is 2.52. The second-order valence-corrected chi connectivity index (χ2v) is 5.36. The van der Waals surface area contributed by atoms with E-state index >= 15 is 0 Å². The summed E-state index contributed by atoms with van der Waals surface area (Å²) in [5, 5.41) is 0.637. The van der Waals surface area contributed by atoms with E-state index in [1.165, 1.54) is 0 Å². The zero-order valence-corrected chi connectivity index (χ0v) is 12.6. The summed E-state index contributed by atoms with van der Waals surface area (Å²) in [5.41, 5.74) is 1.93. The van der Waals surface area contributed by atoms with Crippen LogP contribution in [0.4, 0.5) is 0 Å². The van der Waals surface area contributed by atoms with Crippen LogP contribution in [0.25, 0.3) is 0 Å². The molecule has 94 valence electrons. The molecule has 0 unspecified atom stereocenters. The van der Waals surface area contributed by atoms with Gasteiger partial charge in [0, 0.05) is 15.1 Å². The number of rotatable bonds is 4. The van der Waals surface area contributed by atoms with E-state index in [-0.39, 0.29) is 0 Å². The highest BCUT2D eigenvalue weighted by molar-refractivity contribution is 9.10. The van der Waals surface area contributed by atoms with Gasteiger partial charge in [0.15, 0.2) is 0 Å². The molecule has 0 bridgehead atoms. The minimum atomic E-state index is 0.343. The maximum atomic E-state index is 6.06. The molecular weight excluding hydrogens is 335 g/mol. The Labute approximate surface area is 125 Å². The van der Waals surface area contributed by atoms with Crippen LogP contribution in [-0.2, 0) is 12.5 Å². The van der Waals surface area contributed by atoms with E-state index in [0.29, 0.717) is 17.5 Å². The largest absolute Gasteiger partial charge is 0.489 e. The molecule has 0 radical (unpaired) electrons. The van der Waals surface area contributed by atoms with Gasteiger partial charge in [0.1, 0.15) is 12.4 Å². The van der Waals surface area contributed by atoms with E-state index in [4.69, 9.17) is 27.9 Å². The minimum Gasteiger partial charge on any atom is -0.489 e. The first-order valence-corrected chi connectivity index (χ1v) is 7.12. The maximum absolute atomic E-state index is 6.06. The van der Waals surface area contributed by atoms with Crippen molar-refractivity contribution in [3.05, 3.63) is 63.1 Å². The molecule has 0 aliphatic heterocycles. The van der Waals surface area contributed by atoms with Crippen LogP contribution < -0.4 is 4.74 Å². The van der Waals surface area contributed by atoms with Crippen LogP contribution >= 0.6 is 39.1 Å². The number of ether oxygens (including phenoxy) is 1. The van der Waals surface area contributed by atoms with E-state index in [0.717, 1.165) is 21.3 Å². The number of benzene rings is 2.